The highest BCUT2D eigenvalue weighted by atomic mass is 16.5. The molecule has 0 aliphatic carbocycles. The summed E-state index contributed by atoms with van der Waals surface area (Å²) in [4.78, 5) is 27.0. The number of carbonyl (C=O) groups is 2. The number of piperidine rings is 1. The van der Waals surface area contributed by atoms with Crippen molar-refractivity contribution in [3.63, 3.8) is 0 Å². The molecule has 2 heterocycles. The van der Waals surface area contributed by atoms with Crippen molar-refractivity contribution in [2.45, 2.75) is 45.1 Å². The van der Waals surface area contributed by atoms with Crippen molar-refractivity contribution >= 4 is 12.0 Å². The van der Waals surface area contributed by atoms with E-state index in [-0.39, 0.29) is 24.1 Å². The average Bonchev–Trinajstić information content (AvgIpc) is 2.77. The molecule has 2 amide bonds. The number of amides is 2. The number of likely N-dealkylation sites (tertiary alicyclic amines) is 2. The second-order valence-corrected chi connectivity index (χ2v) is 6.71. The summed E-state index contributed by atoms with van der Waals surface area (Å²) >= 11 is 0. The molecule has 6 heteroatoms. The normalized spacial score (nSPS) is 25.1. The SMILES string of the molecule is CC1(C)CCCN1C(=O)N1CCCC(COCC(=O)O)C1. The van der Waals surface area contributed by atoms with E-state index >= 15 is 0 Å². The van der Waals surface area contributed by atoms with Crippen LogP contribution in [0.2, 0.25) is 0 Å². The van der Waals surface area contributed by atoms with Crippen LogP contribution in [-0.4, -0.2) is 65.3 Å². The van der Waals surface area contributed by atoms with Gasteiger partial charge in [0.1, 0.15) is 6.61 Å². The molecule has 1 atom stereocenters. The van der Waals surface area contributed by atoms with Gasteiger partial charge in [0.2, 0.25) is 0 Å². The molecule has 0 radical (unpaired) electrons. The molecule has 2 fully saturated rings. The smallest absolute Gasteiger partial charge is 0.329 e. The van der Waals surface area contributed by atoms with Crippen molar-refractivity contribution in [2.24, 2.45) is 5.92 Å². The van der Waals surface area contributed by atoms with E-state index in [0.717, 1.165) is 38.8 Å². The van der Waals surface area contributed by atoms with Crippen LogP contribution in [0.4, 0.5) is 4.79 Å². The third kappa shape index (κ3) is 4.09. The lowest BCUT2D eigenvalue weighted by Crippen LogP contribution is -2.52. The molecule has 0 saturated carbocycles. The number of rotatable bonds is 4. The van der Waals surface area contributed by atoms with Gasteiger partial charge in [0.25, 0.3) is 0 Å². The highest BCUT2D eigenvalue weighted by molar-refractivity contribution is 5.75. The van der Waals surface area contributed by atoms with Gasteiger partial charge in [0.15, 0.2) is 0 Å². The average molecular weight is 298 g/mol. The van der Waals surface area contributed by atoms with Crippen LogP contribution in [0.3, 0.4) is 0 Å². The quantitative estimate of drug-likeness (QED) is 0.859. The van der Waals surface area contributed by atoms with Gasteiger partial charge in [-0.1, -0.05) is 0 Å². The lowest BCUT2D eigenvalue weighted by Gasteiger charge is -2.39. The van der Waals surface area contributed by atoms with Crippen molar-refractivity contribution in [3.05, 3.63) is 0 Å². The van der Waals surface area contributed by atoms with E-state index < -0.39 is 5.97 Å². The maximum Gasteiger partial charge on any atom is 0.329 e. The van der Waals surface area contributed by atoms with Crippen molar-refractivity contribution in [3.8, 4) is 0 Å². The Morgan fingerprint density at radius 3 is 2.67 bits per heavy atom. The Bertz CT molecular complexity index is 397. The zero-order valence-corrected chi connectivity index (χ0v) is 13.0. The van der Waals surface area contributed by atoms with Crippen LogP contribution in [0.15, 0.2) is 0 Å². The maximum atomic E-state index is 12.7. The minimum atomic E-state index is -0.947. The lowest BCUT2D eigenvalue weighted by molar-refractivity contribution is -0.142. The van der Waals surface area contributed by atoms with Crippen LogP contribution in [0, 0.1) is 5.92 Å². The van der Waals surface area contributed by atoms with Crippen LogP contribution in [0.25, 0.3) is 0 Å². The summed E-state index contributed by atoms with van der Waals surface area (Å²) in [6.07, 6.45) is 4.07. The van der Waals surface area contributed by atoms with Crippen LogP contribution in [0.5, 0.6) is 0 Å². The van der Waals surface area contributed by atoms with Gasteiger partial charge in [-0.15, -0.1) is 0 Å². The number of hydrogen-bond acceptors (Lipinski definition) is 3. The van der Waals surface area contributed by atoms with Crippen molar-refractivity contribution < 1.29 is 19.4 Å². The molecular weight excluding hydrogens is 272 g/mol. The van der Waals surface area contributed by atoms with E-state index in [1.807, 2.05) is 9.80 Å². The largest absolute Gasteiger partial charge is 0.480 e. The summed E-state index contributed by atoms with van der Waals surface area (Å²) in [6.45, 7) is 6.70. The Balaban J connectivity index is 1.85. The van der Waals surface area contributed by atoms with Crippen LogP contribution >= 0.6 is 0 Å². The van der Waals surface area contributed by atoms with Gasteiger partial charge in [0.05, 0.1) is 6.61 Å². The predicted molar refractivity (Wildman–Crippen MR) is 78.2 cm³/mol. The molecular formula is C15H26N2O4. The summed E-state index contributed by atoms with van der Waals surface area (Å²) in [7, 11) is 0. The van der Waals surface area contributed by atoms with Gasteiger partial charge in [-0.2, -0.15) is 0 Å². The first-order valence-corrected chi connectivity index (χ1v) is 7.76. The van der Waals surface area contributed by atoms with Gasteiger partial charge in [0, 0.05) is 31.1 Å². The van der Waals surface area contributed by atoms with E-state index in [1.165, 1.54) is 0 Å². The summed E-state index contributed by atoms with van der Waals surface area (Å²) in [6, 6.07) is 0.125. The molecule has 0 aromatic rings. The summed E-state index contributed by atoms with van der Waals surface area (Å²) < 4.78 is 5.18. The zero-order chi connectivity index (χ0) is 15.5. The number of ether oxygens (including phenoxy) is 1. The number of aliphatic carboxylic acids is 1. The molecule has 2 rings (SSSR count). The fourth-order valence-corrected chi connectivity index (χ4v) is 3.32. The number of hydrogen-bond donors (Lipinski definition) is 1. The van der Waals surface area contributed by atoms with Crippen LogP contribution in [-0.2, 0) is 9.53 Å². The zero-order valence-electron chi connectivity index (χ0n) is 13.0. The number of nitrogens with zero attached hydrogens (tertiary/aromatic N) is 2. The molecule has 0 aromatic carbocycles. The Morgan fingerprint density at radius 1 is 1.29 bits per heavy atom. The number of urea groups is 1. The molecule has 0 aromatic heterocycles. The first-order chi connectivity index (χ1) is 9.90. The number of carboxylic acids is 1. The third-order valence-corrected chi connectivity index (χ3v) is 4.50. The third-order valence-electron chi connectivity index (χ3n) is 4.50. The van der Waals surface area contributed by atoms with Gasteiger partial charge < -0.3 is 19.6 Å². The predicted octanol–water partition coefficient (Wildman–Crippen LogP) is 1.79. The first kappa shape index (κ1) is 16.1. The van der Waals surface area contributed by atoms with Gasteiger partial charge in [-0.05, 0) is 39.5 Å². The van der Waals surface area contributed by atoms with Crippen molar-refractivity contribution in [1.29, 1.82) is 0 Å². The van der Waals surface area contributed by atoms with Gasteiger partial charge in [-0.25, -0.2) is 9.59 Å². The Morgan fingerprint density at radius 2 is 2.05 bits per heavy atom. The second-order valence-electron chi connectivity index (χ2n) is 6.71. The minimum Gasteiger partial charge on any atom is -0.480 e. The molecule has 2 aliphatic rings. The molecule has 21 heavy (non-hydrogen) atoms. The summed E-state index contributed by atoms with van der Waals surface area (Å²) in [5.74, 6) is -0.703. The first-order valence-electron chi connectivity index (χ1n) is 7.76. The molecule has 1 N–H and O–H groups in total. The topological polar surface area (TPSA) is 70.1 Å². The Hall–Kier alpha value is -1.30. The summed E-state index contributed by atoms with van der Waals surface area (Å²) in [5, 5.41) is 8.59. The molecule has 1 unspecified atom stereocenters. The number of carboxylic acid groups (broad SMARTS) is 1. The van der Waals surface area contributed by atoms with Gasteiger partial charge in [-0.3, -0.25) is 0 Å². The molecule has 2 aliphatic heterocycles. The minimum absolute atomic E-state index is 0.0518. The fraction of sp³-hybridized carbons (Fsp3) is 0.867. The molecule has 2 saturated heterocycles. The van der Waals surface area contributed by atoms with Crippen LogP contribution < -0.4 is 0 Å². The molecule has 120 valence electrons. The maximum absolute atomic E-state index is 12.7. The lowest BCUT2D eigenvalue weighted by atomic mass is 9.98. The molecule has 0 bridgehead atoms. The van der Waals surface area contributed by atoms with Crippen molar-refractivity contribution in [1.82, 2.24) is 9.80 Å². The Labute approximate surface area is 126 Å². The molecule has 0 spiro atoms. The fourth-order valence-electron chi connectivity index (χ4n) is 3.32. The van der Waals surface area contributed by atoms with E-state index in [9.17, 15) is 9.59 Å². The van der Waals surface area contributed by atoms with Crippen molar-refractivity contribution in [2.75, 3.05) is 32.8 Å². The van der Waals surface area contributed by atoms with E-state index in [2.05, 4.69) is 13.8 Å². The van der Waals surface area contributed by atoms with E-state index in [1.54, 1.807) is 0 Å². The standard InChI is InChI=1S/C15H26N2O4/c1-15(2)6-4-8-17(15)14(20)16-7-3-5-12(9-16)10-21-11-13(18)19/h12H,3-11H2,1-2H3,(H,18,19). The molecule has 6 nitrogen and oxygen atoms in total. The number of carbonyl (C=O) groups excluding carboxylic acids is 1. The van der Waals surface area contributed by atoms with E-state index in [4.69, 9.17) is 9.84 Å². The van der Waals surface area contributed by atoms with Gasteiger partial charge >= 0.3 is 12.0 Å². The summed E-state index contributed by atoms with van der Waals surface area (Å²) in [5.41, 5.74) is -0.0518. The highest BCUT2D eigenvalue weighted by Gasteiger charge is 2.38. The van der Waals surface area contributed by atoms with E-state index in [0.29, 0.717) is 13.2 Å². The monoisotopic (exact) mass is 298 g/mol. The Kier molecular flexibility index (Phi) is 5.08. The van der Waals surface area contributed by atoms with Crippen LogP contribution in [0.1, 0.15) is 39.5 Å². The second kappa shape index (κ2) is 6.64. The highest BCUT2D eigenvalue weighted by Crippen LogP contribution is 2.30.